The van der Waals surface area contributed by atoms with Gasteiger partial charge in [-0.25, -0.2) is 0 Å². The highest BCUT2D eigenvalue weighted by molar-refractivity contribution is 8.09. The summed E-state index contributed by atoms with van der Waals surface area (Å²) in [5, 5.41) is 3.13. The maximum Gasteiger partial charge on any atom is 0.116 e. The highest BCUT2D eigenvalue weighted by atomic mass is 32.2. The molecule has 1 nitrogen and oxygen atoms in total. The fraction of sp³-hybridized carbons (Fsp3) is 0.125. The van der Waals surface area contributed by atoms with E-state index in [1.807, 2.05) is 11.8 Å². The Labute approximate surface area is 110 Å². The fourth-order valence-corrected chi connectivity index (χ4v) is 4.11. The molecule has 0 amide bonds. The topological polar surface area (TPSA) is 9.23 Å². The van der Waals surface area contributed by atoms with Crippen LogP contribution in [0.15, 0.2) is 59.4 Å². The van der Waals surface area contributed by atoms with E-state index in [-0.39, 0.29) is 0 Å². The standard InChI is InChI=1S/C16H12OS/c1-17-11-6-7-13-14-8-10-4-2-3-5-12(10)16(14)18-15(13)9-11/h2-9,15H,1H3. The zero-order chi connectivity index (χ0) is 12.1. The summed E-state index contributed by atoms with van der Waals surface area (Å²) in [7, 11) is 1.73. The second-order valence-electron chi connectivity index (χ2n) is 4.57. The van der Waals surface area contributed by atoms with Crippen LogP contribution in [0.25, 0.3) is 11.0 Å². The van der Waals surface area contributed by atoms with Gasteiger partial charge in [0.2, 0.25) is 0 Å². The van der Waals surface area contributed by atoms with Crippen LogP contribution >= 0.6 is 11.8 Å². The predicted molar refractivity (Wildman–Crippen MR) is 76.2 cm³/mol. The number of hydrogen-bond acceptors (Lipinski definition) is 2. The van der Waals surface area contributed by atoms with Gasteiger partial charge in [-0.15, -0.1) is 11.8 Å². The highest BCUT2D eigenvalue weighted by Gasteiger charge is 2.30. The van der Waals surface area contributed by atoms with Crippen molar-refractivity contribution < 1.29 is 4.74 Å². The van der Waals surface area contributed by atoms with E-state index in [9.17, 15) is 0 Å². The van der Waals surface area contributed by atoms with Crippen LogP contribution in [0.5, 0.6) is 0 Å². The second-order valence-corrected chi connectivity index (χ2v) is 5.73. The van der Waals surface area contributed by atoms with Crippen molar-refractivity contribution in [3.8, 4) is 0 Å². The Morgan fingerprint density at radius 2 is 2.06 bits per heavy atom. The second kappa shape index (κ2) is 3.66. The van der Waals surface area contributed by atoms with Gasteiger partial charge in [0.1, 0.15) is 5.76 Å². The molecule has 3 aliphatic rings. The molecule has 0 N–H and O–H groups in total. The molecular weight excluding hydrogens is 240 g/mol. The van der Waals surface area contributed by atoms with Crippen LogP contribution in [0.4, 0.5) is 0 Å². The lowest BCUT2D eigenvalue weighted by Crippen LogP contribution is -2.21. The van der Waals surface area contributed by atoms with Crippen molar-refractivity contribution in [1.82, 2.24) is 0 Å². The largest absolute Gasteiger partial charge is 0.497 e. The first kappa shape index (κ1) is 10.3. The first-order valence-corrected chi connectivity index (χ1v) is 6.91. The van der Waals surface area contributed by atoms with Gasteiger partial charge < -0.3 is 4.74 Å². The van der Waals surface area contributed by atoms with Crippen LogP contribution in [0.1, 0.15) is 0 Å². The third kappa shape index (κ3) is 1.30. The number of rotatable bonds is 1. The molecule has 0 fully saturated rings. The average molecular weight is 252 g/mol. The van der Waals surface area contributed by atoms with E-state index in [1.165, 1.54) is 26.5 Å². The molecule has 0 spiro atoms. The fourth-order valence-electron chi connectivity index (χ4n) is 2.70. The van der Waals surface area contributed by atoms with Crippen molar-refractivity contribution >= 4 is 22.7 Å². The van der Waals surface area contributed by atoms with E-state index < -0.39 is 0 Å². The number of fused-ring (bicyclic) bond motifs is 3. The Balaban J connectivity index is 1.94. The summed E-state index contributed by atoms with van der Waals surface area (Å²) in [6.45, 7) is 0. The van der Waals surface area contributed by atoms with Gasteiger partial charge >= 0.3 is 0 Å². The van der Waals surface area contributed by atoms with Gasteiger partial charge in [0.15, 0.2) is 0 Å². The van der Waals surface area contributed by atoms with E-state index in [0.29, 0.717) is 5.25 Å². The van der Waals surface area contributed by atoms with Crippen LogP contribution < -0.4 is 10.4 Å². The number of methoxy groups -OCH3 is 1. The quantitative estimate of drug-likeness (QED) is 0.757. The van der Waals surface area contributed by atoms with Crippen LogP contribution in [0.2, 0.25) is 0 Å². The van der Waals surface area contributed by atoms with Crippen LogP contribution in [-0.4, -0.2) is 12.4 Å². The van der Waals surface area contributed by atoms with Crippen molar-refractivity contribution in [1.29, 1.82) is 0 Å². The Morgan fingerprint density at radius 1 is 1.17 bits per heavy atom. The van der Waals surface area contributed by atoms with Crippen LogP contribution in [-0.2, 0) is 4.74 Å². The van der Waals surface area contributed by atoms with Gasteiger partial charge in [-0.2, -0.15) is 0 Å². The van der Waals surface area contributed by atoms with Crippen LogP contribution in [0, 0.1) is 0 Å². The van der Waals surface area contributed by atoms with Gasteiger partial charge in [0, 0.05) is 4.91 Å². The number of ether oxygens (including phenoxy) is 1. The highest BCUT2D eigenvalue weighted by Crippen LogP contribution is 2.47. The minimum Gasteiger partial charge on any atom is -0.497 e. The summed E-state index contributed by atoms with van der Waals surface area (Å²) in [4.78, 5) is 1.42. The van der Waals surface area contributed by atoms with E-state index in [1.54, 1.807) is 7.11 Å². The molecule has 0 saturated heterocycles. The maximum atomic E-state index is 5.31. The Kier molecular flexibility index (Phi) is 2.09. The number of hydrogen-bond donors (Lipinski definition) is 0. The summed E-state index contributed by atoms with van der Waals surface area (Å²) in [6, 6.07) is 8.61. The van der Waals surface area contributed by atoms with Gasteiger partial charge in [-0.1, -0.05) is 30.3 Å². The summed E-state index contributed by atoms with van der Waals surface area (Å²) >= 11 is 1.93. The Morgan fingerprint density at radius 3 is 2.94 bits per heavy atom. The first-order valence-electron chi connectivity index (χ1n) is 6.03. The lowest BCUT2D eigenvalue weighted by Gasteiger charge is -2.13. The smallest absolute Gasteiger partial charge is 0.116 e. The summed E-state index contributed by atoms with van der Waals surface area (Å²) in [6.07, 6.45) is 8.76. The maximum absolute atomic E-state index is 5.31. The van der Waals surface area contributed by atoms with Crippen molar-refractivity contribution in [3.63, 3.8) is 0 Å². The minimum absolute atomic E-state index is 0.416. The Bertz CT molecular complexity index is 750. The Hall–Kier alpha value is -1.67. The SMILES string of the molecule is COC1=CC2SC3=c4ccccc4=CC3=C2C=C1. The van der Waals surface area contributed by atoms with Crippen molar-refractivity contribution in [3.05, 3.63) is 69.8 Å². The molecule has 88 valence electrons. The summed E-state index contributed by atoms with van der Waals surface area (Å²) in [5.74, 6) is 0.964. The predicted octanol–water partition coefficient (Wildman–Crippen LogP) is 2.10. The normalized spacial score (nSPS) is 23.3. The molecule has 18 heavy (non-hydrogen) atoms. The molecule has 1 aromatic carbocycles. The molecule has 1 heterocycles. The number of thioether (sulfide) groups is 1. The number of allylic oxidation sites excluding steroid dienone is 2. The molecule has 2 heteroatoms. The molecule has 0 aromatic heterocycles. The molecule has 0 saturated carbocycles. The molecule has 1 atom stereocenters. The number of benzene rings is 1. The zero-order valence-corrected chi connectivity index (χ0v) is 10.8. The lowest BCUT2D eigenvalue weighted by atomic mass is 10.0. The molecule has 0 bridgehead atoms. The van der Waals surface area contributed by atoms with Gasteiger partial charge in [-0.05, 0) is 39.8 Å². The third-order valence-corrected chi connectivity index (χ3v) is 4.91. The van der Waals surface area contributed by atoms with Crippen molar-refractivity contribution in [2.75, 3.05) is 7.11 Å². The third-order valence-electron chi connectivity index (χ3n) is 3.59. The monoisotopic (exact) mass is 252 g/mol. The van der Waals surface area contributed by atoms with Gasteiger partial charge in [0.05, 0.1) is 12.4 Å². The summed E-state index contributed by atoms with van der Waals surface area (Å²) < 4.78 is 5.31. The van der Waals surface area contributed by atoms with E-state index in [0.717, 1.165) is 5.76 Å². The lowest BCUT2D eigenvalue weighted by molar-refractivity contribution is 0.305. The average Bonchev–Trinajstić information content (AvgIpc) is 2.93. The molecule has 1 unspecified atom stereocenters. The molecule has 4 rings (SSSR count). The minimum atomic E-state index is 0.416. The molecule has 2 aliphatic carbocycles. The first-order chi connectivity index (χ1) is 8.86. The van der Waals surface area contributed by atoms with E-state index >= 15 is 0 Å². The molecule has 1 aromatic rings. The molecule has 1 aliphatic heterocycles. The molecule has 0 radical (unpaired) electrons. The van der Waals surface area contributed by atoms with Gasteiger partial charge in [0.25, 0.3) is 0 Å². The van der Waals surface area contributed by atoms with Crippen molar-refractivity contribution in [2.24, 2.45) is 0 Å². The van der Waals surface area contributed by atoms with E-state index in [2.05, 4.69) is 48.6 Å². The molecular formula is C16H12OS. The van der Waals surface area contributed by atoms with Crippen molar-refractivity contribution in [2.45, 2.75) is 5.25 Å². The van der Waals surface area contributed by atoms with Gasteiger partial charge in [-0.3, -0.25) is 0 Å². The summed E-state index contributed by atoms with van der Waals surface area (Å²) in [5.41, 5.74) is 2.81. The van der Waals surface area contributed by atoms with E-state index in [4.69, 9.17) is 4.74 Å². The zero-order valence-electron chi connectivity index (χ0n) is 10.0. The van der Waals surface area contributed by atoms with Crippen LogP contribution in [0.3, 0.4) is 0 Å².